The quantitative estimate of drug-likeness (QED) is 0.617. The molecular formula is C17H12ClF3N4O4S. The number of rotatable bonds is 3. The fourth-order valence-corrected chi connectivity index (χ4v) is 4.85. The van der Waals surface area contributed by atoms with Crippen molar-refractivity contribution in [2.45, 2.75) is 24.9 Å². The van der Waals surface area contributed by atoms with Crippen LogP contribution in [0.1, 0.15) is 6.42 Å². The van der Waals surface area contributed by atoms with Gasteiger partial charge in [-0.1, -0.05) is 11.6 Å². The molecule has 0 saturated carbocycles. The number of nitrogens with zero attached hydrogens (tertiary/aromatic N) is 4. The van der Waals surface area contributed by atoms with Crippen molar-refractivity contribution in [1.29, 1.82) is 0 Å². The second-order valence-corrected chi connectivity index (χ2v) is 8.23. The van der Waals surface area contributed by atoms with Crippen LogP contribution in [-0.4, -0.2) is 57.6 Å². The number of ether oxygens (including phenoxy) is 1. The normalized spacial score (nSPS) is 21.1. The second kappa shape index (κ2) is 6.64. The maximum absolute atomic E-state index is 12.9. The highest BCUT2D eigenvalue weighted by atomic mass is 35.5. The Kier molecular flexibility index (Phi) is 4.26. The number of carboxylic acid groups (broad SMARTS) is 1. The molecule has 3 aromatic rings. The molecule has 1 amide bonds. The Balaban J connectivity index is 1.59. The predicted molar refractivity (Wildman–Crippen MR) is 101 cm³/mol. The number of oxazole rings is 1. The van der Waals surface area contributed by atoms with Gasteiger partial charge < -0.3 is 19.2 Å². The molecule has 6 rings (SSSR count). The van der Waals surface area contributed by atoms with Crippen molar-refractivity contribution in [1.82, 2.24) is 14.9 Å². The Hall–Kier alpha value is -2.73. The van der Waals surface area contributed by atoms with E-state index in [0.29, 0.717) is 23.7 Å². The highest BCUT2D eigenvalue weighted by Gasteiger charge is 2.48. The summed E-state index contributed by atoms with van der Waals surface area (Å²) in [6.45, 7) is 0.650. The third-order valence-corrected chi connectivity index (χ3v) is 6.22. The van der Waals surface area contributed by atoms with Crippen LogP contribution >= 0.6 is 22.9 Å². The van der Waals surface area contributed by atoms with Gasteiger partial charge in [0.2, 0.25) is 0 Å². The Morgan fingerprint density at radius 1 is 1.37 bits per heavy atom. The minimum atomic E-state index is -4.97. The van der Waals surface area contributed by atoms with Gasteiger partial charge in [-0.05, 0) is 12.5 Å². The number of anilines is 1. The summed E-state index contributed by atoms with van der Waals surface area (Å²) in [5.74, 6) is -0.649. The molecule has 3 saturated heterocycles. The van der Waals surface area contributed by atoms with E-state index in [1.807, 2.05) is 0 Å². The van der Waals surface area contributed by atoms with Crippen LogP contribution < -0.4 is 9.64 Å². The topological polar surface area (TPSA) is 91.9 Å². The monoisotopic (exact) mass is 460 g/mol. The van der Waals surface area contributed by atoms with E-state index in [2.05, 4.69) is 14.7 Å². The van der Waals surface area contributed by atoms with E-state index >= 15 is 0 Å². The first-order chi connectivity index (χ1) is 14.2. The molecule has 2 atom stereocenters. The van der Waals surface area contributed by atoms with E-state index in [4.69, 9.17) is 16.0 Å². The Labute approximate surface area is 175 Å². The molecule has 5 heterocycles. The summed E-state index contributed by atoms with van der Waals surface area (Å²) in [7, 11) is 0. The van der Waals surface area contributed by atoms with Crippen LogP contribution in [0.2, 0.25) is 5.02 Å². The first-order valence-electron chi connectivity index (χ1n) is 8.76. The number of piperazine rings is 1. The van der Waals surface area contributed by atoms with Crippen molar-refractivity contribution >= 4 is 46.1 Å². The molecule has 3 fully saturated rings. The molecule has 158 valence electrons. The Bertz CT molecular complexity index is 1120. The summed E-state index contributed by atoms with van der Waals surface area (Å²) < 4.78 is 48.8. The van der Waals surface area contributed by atoms with Crippen LogP contribution in [-0.2, 0) is 0 Å². The number of fused-ring (bicyclic) bond motifs is 3. The largest absolute Gasteiger partial charge is 0.573 e. The van der Waals surface area contributed by atoms with Gasteiger partial charge in [0, 0.05) is 24.7 Å². The summed E-state index contributed by atoms with van der Waals surface area (Å²) in [6.07, 6.45) is -3.68. The summed E-state index contributed by atoms with van der Waals surface area (Å²) >= 11 is 7.36. The number of hydrogen-bond donors (Lipinski definition) is 1. The fraction of sp³-hybridized carbons (Fsp3) is 0.353. The predicted octanol–water partition coefficient (Wildman–Crippen LogP) is 4.44. The van der Waals surface area contributed by atoms with Gasteiger partial charge in [-0.3, -0.25) is 4.90 Å². The maximum Gasteiger partial charge on any atom is 0.573 e. The lowest BCUT2D eigenvalue weighted by molar-refractivity contribution is -0.274. The molecular weight excluding hydrogens is 449 g/mol. The minimum Gasteiger partial charge on any atom is -0.465 e. The van der Waals surface area contributed by atoms with Crippen molar-refractivity contribution in [2.24, 2.45) is 0 Å². The molecule has 3 aliphatic heterocycles. The zero-order valence-corrected chi connectivity index (χ0v) is 16.5. The van der Waals surface area contributed by atoms with Gasteiger partial charge in [0.15, 0.2) is 16.8 Å². The summed E-state index contributed by atoms with van der Waals surface area (Å²) in [6, 6.07) is 0.948. The van der Waals surface area contributed by atoms with Gasteiger partial charge in [0.05, 0.1) is 22.7 Å². The van der Waals surface area contributed by atoms with Gasteiger partial charge in [-0.25, -0.2) is 9.78 Å². The van der Waals surface area contributed by atoms with Crippen LogP contribution in [0.5, 0.6) is 5.75 Å². The fourth-order valence-electron chi connectivity index (χ4n) is 3.96. The molecule has 1 N–H and O–H groups in total. The molecule has 30 heavy (non-hydrogen) atoms. The van der Waals surface area contributed by atoms with Crippen molar-refractivity contribution in [3.8, 4) is 16.3 Å². The molecule has 0 radical (unpaired) electrons. The highest BCUT2D eigenvalue weighted by Crippen LogP contribution is 2.45. The third kappa shape index (κ3) is 3.10. The molecule has 0 aliphatic carbocycles. The van der Waals surface area contributed by atoms with Gasteiger partial charge >= 0.3 is 12.5 Å². The Morgan fingerprint density at radius 2 is 2.10 bits per heavy atom. The number of carbonyl (C=O) groups is 1. The number of alkyl halides is 3. The molecule has 3 aliphatic rings. The second-order valence-electron chi connectivity index (χ2n) is 6.93. The summed E-state index contributed by atoms with van der Waals surface area (Å²) in [5.41, 5.74) is 0.292. The zero-order chi connectivity index (χ0) is 21.2. The lowest BCUT2D eigenvalue weighted by Crippen LogP contribution is -2.70. The molecule has 0 spiro atoms. The van der Waals surface area contributed by atoms with E-state index in [-0.39, 0.29) is 34.2 Å². The Morgan fingerprint density at radius 3 is 2.70 bits per heavy atom. The highest BCUT2D eigenvalue weighted by molar-refractivity contribution is 7.13. The smallest absolute Gasteiger partial charge is 0.465 e. The average molecular weight is 461 g/mol. The van der Waals surface area contributed by atoms with Crippen LogP contribution in [0.15, 0.2) is 22.1 Å². The maximum atomic E-state index is 12.9. The number of amides is 1. The van der Waals surface area contributed by atoms with Crippen molar-refractivity contribution in [3.63, 3.8) is 0 Å². The van der Waals surface area contributed by atoms with Gasteiger partial charge in [0.1, 0.15) is 5.01 Å². The molecule has 2 bridgehead atoms. The van der Waals surface area contributed by atoms with Gasteiger partial charge in [-0.15, -0.1) is 24.5 Å². The SMILES string of the molecule is O=C(O)N1C2CC1CN(c1nc3c(OC(F)(F)F)c(Cl)cc(-c4nccs4)c3o1)C2. The van der Waals surface area contributed by atoms with Crippen LogP contribution in [0, 0.1) is 0 Å². The lowest BCUT2D eigenvalue weighted by Gasteiger charge is -2.54. The van der Waals surface area contributed by atoms with E-state index < -0.39 is 18.2 Å². The average Bonchev–Trinajstić information content (AvgIpc) is 3.32. The number of halogens is 4. The van der Waals surface area contributed by atoms with Crippen molar-refractivity contribution in [2.75, 3.05) is 18.0 Å². The van der Waals surface area contributed by atoms with Crippen LogP contribution in [0.3, 0.4) is 0 Å². The number of benzene rings is 1. The third-order valence-electron chi connectivity index (χ3n) is 5.13. The van der Waals surface area contributed by atoms with Gasteiger partial charge in [0.25, 0.3) is 6.01 Å². The van der Waals surface area contributed by atoms with E-state index in [1.165, 1.54) is 22.3 Å². The molecule has 2 aromatic heterocycles. The molecule has 1 aromatic carbocycles. The zero-order valence-electron chi connectivity index (χ0n) is 14.9. The van der Waals surface area contributed by atoms with E-state index in [0.717, 1.165) is 6.42 Å². The molecule has 2 unspecified atom stereocenters. The minimum absolute atomic E-state index is 0.0675. The molecule has 8 nitrogen and oxygen atoms in total. The lowest BCUT2D eigenvalue weighted by atomic mass is 9.88. The number of aromatic nitrogens is 2. The van der Waals surface area contributed by atoms with Crippen molar-refractivity contribution < 1.29 is 32.2 Å². The van der Waals surface area contributed by atoms with Crippen LogP contribution in [0.25, 0.3) is 21.7 Å². The van der Waals surface area contributed by atoms with Crippen molar-refractivity contribution in [3.05, 3.63) is 22.7 Å². The first-order valence-corrected chi connectivity index (χ1v) is 10.0. The number of thiazole rings is 1. The van der Waals surface area contributed by atoms with E-state index in [9.17, 15) is 23.1 Å². The number of piperidine rings is 1. The summed E-state index contributed by atoms with van der Waals surface area (Å²) in [5, 5.41) is 11.2. The number of hydrogen-bond acceptors (Lipinski definition) is 7. The van der Waals surface area contributed by atoms with Gasteiger partial charge in [-0.2, -0.15) is 4.98 Å². The van der Waals surface area contributed by atoms with E-state index in [1.54, 1.807) is 16.5 Å². The summed E-state index contributed by atoms with van der Waals surface area (Å²) in [4.78, 5) is 22.8. The van der Waals surface area contributed by atoms with Crippen LogP contribution in [0.4, 0.5) is 24.0 Å². The molecule has 13 heteroatoms. The first kappa shape index (κ1) is 19.2. The standard InChI is InChI=1S/C17H12ClF3N4O4S/c18-10-4-9(14-22-1-2-30-14)12-11(13(10)29-17(19,20)21)23-15(28-12)24-5-7-3-8(6-24)25(7)16(26)27/h1-2,4,7-8H,3,5-6H2,(H,26,27).